The highest BCUT2D eigenvalue weighted by Gasteiger charge is 2.42. The van der Waals surface area contributed by atoms with Crippen molar-refractivity contribution < 1.29 is 0 Å². The first kappa shape index (κ1) is 12.9. The average Bonchev–Trinajstić information content (AvgIpc) is 2.88. The maximum Gasteiger partial charge on any atom is 0.103 e. The van der Waals surface area contributed by atoms with Gasteiger partial charge in [0.05, 0.1) is 5.69 Å². The summed E-state index contributed by atoms with van der Waals surface area (Å²) >= 11 is 1.86. The van der Waals surface area contributed by atoms with Crippen LogP contribution in [0.2, 0.25) is 0 Å². The highest BCUT2D eigenvalue weighted by atomic mass is 32.1. The van der Waals surface area contributed by atoms with Crippen LogP contribution in [-0.4, -0.2) is 4.98 Å². The first-order chi connectivity index (χ1) is 9.26. The molecular weight excluding hydrogens is 250 g/mol. The van der Waals surface area contributed by atoms with Crippen molar-refractivity contribution in [2.75, 3.05) is 0 Å². The Bertz CT molecular complexity index is 539. The molecule has 0 spiro atoms. The molecule has 0 radical (unpaired) electrons. The largest absolute Gasteiger partial charge is 0.245 e. The molecule has 1 fully saturated rings. The summed E-state index contributed by atoms with van der Waals surface area (Å²) in [6.07, 6.45) is 5.00. The predicted octanol–water partition coefficient (Wildman–Crippen LogP) is 5.13. The van der Waals surface area contributed by atoms with Gasteiger partial charge in [-0.3, -0.25) is 0 Å². The third kappa shape index (κ3) is 2.12. The maximum atomic E-state index is 4.97. The minimum absolute atomic E-state index is 0.220. The Morgan fingerprint density at radius 1 is 1.26 bits per heavy atom. The lowest BCUT2D eigenvalue weighted by Gasteiger charge is -2.40. The molecule has 1 nitrogen and oxygen atoms in total. The molecule has 0 N–H and O–H groups in total. The van der Waals surface area contributed by atoms with E-state index in [1.165, 1.54) is 41.9 Å². The van der Waals surface area contributed by atoms with E-state index in [2.05, 4.69) is 49.6 Å². The molecule has 2 aromatic rings. The van der Waals surface area contributed by atoms with Crippen LogP contribution in [0.15, 0.2) is 35.7 Å². The number of hydrogen-bond acceptors (Lipinski definition) is 2. The van der Waals surface area contributed by atoms with E-state index < -0.39 is 0 Å². The summed E-state index contributed by atoms with van der Waals surface area (Å²) in [5, 5.41) is 3.60. The number of rotatable bonds is 4. The fourth-order valence-electron chi connectivity index (χ4n) is 2.85. The minimum Gasteiger partial charge on any atom is -0.245 e. The first-order valence-corrected chi connectivity index (χ1v) is 8.15. The van der Waals surface area contributed by atoms with Crippen LogP contribution in [0.1, 0.15) is 61.7 Å². The second-order valence-corrected chi connectivity index (χ2v) is 6.55. The van der Waals surface area contributed by atoms with Gasteiger partial charge in [0, 0.05) is 10.8 Å². The molecule has 0 aliphatic heterocycles. The van der Waals surface area contributed by atoms with Gasteiger partial charge in [0.1, 0.15) is 5.01 Å². The van der Waals surface area contributed by atoms with Gasteiger partial charge in [-0.05, 0) is 30.7 Å². The van der Waals surface area contributed by atoms with Gasteiger partial charge in [0.2, 0.25) is 0 Å². The fourth-order valence-corrected chi connectivity index (χ4v) is 4.08. The molecule has 1 heterocycles. The lowest BCUT2D eigenvalue weighted by Crippen LogP contribution is -2.35. The maximum absolute atomic E-state index is 4.97. The van der Waals surface area contributed by atoms with E-state index in [-0.39, 0.29) is 5.41 Å². The smallest absolute Gasteiger partial charge is 0.103 e. The predicted molar refractivity (Wildman–Crippen MR) is 81.9 cm³/mol. The minimum atomic E-state index is 0.220. The van der Waals surface area contributed by atoms with Gasteiger partial charge in [0.25, 0.3) is 0 Å². The van der Waals surface area contributed by atoms with E-state index in [9.17, 15) is 0 Å². The van der Waals surface area contributed by atoms with Crippen LogP contribution in [0.5, 0.6) is 0 Å². The molecule has 100 valence electrons. The zero-order valence-electron chi connectivity index (χ0n) is 11.7. The van der Waals surface area contributed by atoms with Gasteiger partial charge in [0.15, 0.2) is 0 Å². The molecule has 2 heteroatoms. The molecule has 0 bridgehead atoms. The van der Waals surface area contributed by atoms with E-state index >= 15 is 0 Å². The molecule has 1 saturated carbocycles. The molecule has 19 heavy (non-hydrogen) atoms. The summed E-state index contributed by atoms with van der Waals surface area (Å²) in [5.74, 6) is 0.581. The van der Waals surface area contributed by atoms with Crippen molar-refractivity contribution in [3.05, 3.63) is 52.0 Å². The Morgan fingerprint density at radius 3 is 2.58 bits per heavy atom. The summed E-state index contributed by atoms with van der Waals surface area (Å²) in [4.78, 5) is 4.97. The number of hydrogen-bond donors (Lipinski definition) is 0. The van der Waals surface area contributed by atoms with Crippen LogP contribution in [0.25, 0.3) is 0 Å². The molecule has 0 saturated heterocycles. The second kappa shape index (κ2) is 5.09. The van der Waals surface area contributed by atoms with Crippen molar-refractivity contribution in [1.82, 2.24) is 4.98 Å². The van der Waals surface area contributed by atoms with E-state index in [1.807, 2.05) is 11.3 Å². The first-order valence-electron chi connectivity index (χ1n) is 7.27. The zero-order valence-corrected chi connectivity index (χ0v) is 12.5. The normalized spacial score (nSPS) is 18.8. The topological polar surface area (TPSA) is 12.9 Å². The molecule has 1 aliphatic rings. The molecule has 1 atom stereocenters. The summed E-state index contributed by atoms with van der Waals surface area (Å²) in [6, 6.07) is 10.9. The van der Waals surface area contributed by atoms with Gasteiger partial charge in [-0.2, -0.15) is 0 Å². The van der Waals surface area contributed by atoms with Crippen molar-refractivity contribution in [2.24, 2.45) is 0 Å². The summed E-state index contributed by atoms with van der Waals surface area (Å²) < 4.78 is 0. The third-order valence-corrected chi connectivity index (χ3v) is 5.65. The van der Waals surface area contributed by atoms with Crippen molar-refractivity contribution >= 4 is 11.3 Å². The van der Waals surface area contributed by atoms with Gasteiger partial charge in [-0.1, -0.05) is 50.6 Å². The quantitative estimate of drug-likeness (QED) is 0.751. The number of nitrogens with zero attached hydrogens (tertiary/aromatic N) is 1. The van der Waals surface area contributed by atoms with Crippen LogP contribution in [0, 0.1) is 0 Å². The van der Waals surface area contributed by atoms with Crippen LogP contribution < -0.4 is 0 Å². The molecule has 1 aromatic carbocycles. The monoisotopic (exact) mass is 271 g/mol. The Labute approximate surface area is 119 Å². The summed E-state index contributed by atoms with van der Waals surface area (Å²) in [5.41, 5.74) is 2.95. The van der Waals surface area contributed by atoms with Crippen LogP contribution in [0.3, 0.4) is 0 Å². The van der Waals surface area contributed by atoms with Crippen molar-refractivity contribution in [3.63, 3.8) is 0 Å². The molecular formula is C17H21NS. The Balaban J connectivity index is 1.97. The third-order valence-electron chi connectivity index (χ3n) is 4.58. The van der Waals surface area contributed by atoms with Crippen LogP contribution in [0.4, 0.5) is 0 Å². The number of benzene rings is 1. The van der Waals surface area contributed by atoms with Gasteiger partial charge >= 0.3 is 0 Å². The van der Waals surface area contributed by atoms with Crippen molar-refractivity contribution in [3.8, 4) is 0 Å². The second-order valence-electron chi connectivity index (χ2n) is 5.69. The lowest BCUT2D eigenvalue weighted by atomic mass is 9.65. The highest BCUT2D eigenvalue weighted by Crippen LogP contribution is 2.50. The van der Waals surface area contributed by atoms with Crippen LogP contribution >= 0.6 is 11.3 Å². The van der Waals surface area contributed by atoms with Crippen molar-refractivity contribution in [1.29, 1.82) is 0 Å². The van der Waals surface area contributed by atoms with E-state index in [0.717, 1.165) is 0 Å². The summed E-state index contributed by atoms with van der Waals surface area (Å²) in [7, 11) is 0. The number of thiazole rings is 1. The van der Waals surface area contributed by atoms with Gasteiger partial charge in [-0.25, -0.2) is 4.98 Å². The zero-order chi connectivity index (χ0) is 13.3. The summed E-state index contributed by atoms with van der Waals surface area (Å²) in [6.45, 7) is 4.51. The molecule has 0 amide bonds. The fraction of sp³-hybridized carbons (Fsp3) is 0.471. The van der Waals surface area contributed by atoms with E-state index in [1.54, 1.807) is 0 Å². The number of aromatic nitrogens is 1. The van der Waals surface area contributed by atoms with Gasteiger partial charge in [-0.15, -0.1) is 11.3 Å². The standard InChI is InChI=1S/C17H21NS/c1-3-13(2)15-12-19-16(18-15)17(10-7-11-17)14-8-5-4-6-9-14/h4-6,8-9,12-13H,3,7,10-11H2,1-2H3. The van der Waals surface area contributed by atoms with E-state index in [0.29, 0.717) is 5.92 Å². The van der Waals surface area contributed by atoms with Gasteiger partial charge < -0.3 is 0 Å². The molecule has 1 unspecified atom stereocenters. The van der Waals surface area contributed by atoms with Crippen molar-refractivity contribution in [2.45, 2.75) is 50.9 Å². The molecule has 3 rings (SSSR count). The lowest BCUT2D eigenvalue weighted by molar-refractivity contribution is 0.300. The van der Waals surface area contributed by atoms with Crippen LogP contribution in [-0.2, 0) is 5.41 Å². The Kier molecular flexibility index (Phi) is 3.44. The SMILES string of the molecule is CCC(C)c1csc(C2(c3ccccc3)CCC2)n1. The van der Waals surface area contributed by atoms with E-state index in [4.69, 9.17) is 4.98 Å². The average molecular weight is 271 g/mol. The Morgan fingerprint density at radius 2 is 2.00 bits per heavy atom. The Hall–Kier alpha value is -1.15. The molecule has 1 aliphatic carbocycles. The molecule has 1 aromatic heterocycles. The highest BCUT2D eigenvalue weighted by molar-refractivity contribution is 7.09.